The topological polar surface area (TPSA) is 12.0 Å². The number of nitrogens with one attached hydrogen (secondary N) is 1. The highest BCUT2D eigenvalue weighted by molar-refractivity contribution is 5.85. The number of hydrogen-bond acceptors (Lipinski definition) is 1. The smallest absolute Gasteiger partial charge is 0.123 e. The molecule has 0 atom stereocenters. The highest BCUT2D eigenvalue weighted by Crippen LogP contribution is 2.30. The van der Waals surface area contributed by atoms with E-state index in [0.29, 0.717) is 0 Å². The Morgan fingerprint density at radius 2 is 1.38 bits per heavy atom. The van der Waals surface area contributed by atoms with E-state index < -0.39 is 0 Å². The van der Waals surface area contributed by atoms with Crippen molar-refractivity contribution in [1.29, 1.82) is 0 Å². The molecule has 0 unspecified atom stereocenters. The van der Waals surface area contributed by atoms with Crippen LogP contribution in [0.1, 0.15) is 24.0 Å². The minimum absolute atomic E-state index is 0. The maximum Gasteiger partial charge on any atom is 0.123 e. The Morgan fingerprint density at radius 3 is 2.00 bits per heavy atom. The van der Waals surface area contributed by atoms with Crippen molar-refractivity contribution in [1.82, 2.24) is 5.32 Å². The molecule has 21 heavy (non-hydrogen) atoms. The Bertz CT molecular complexity index is 597. The van der Waals surface area contributed by atoms with Gasteiger partial charge in [0.1, 0.15) is 5.82 Å². The fourth-order valence-corrected chi connectivity index (χ4v) is 2.77. The summed E-state index contributed by atoms with van der Waals surface area (Å²) >= 11 is 0. The maximum atomic E-state index is 13.2. The number of halogens is 2. The predicted octanol–water partition coefficient (Wildman–Crippen LogP) is 4.43. The second-order valence-corrected chi connectivity index (χ2v) is 5.10. The average molecular weight is 304 g/mol. The van der Waals surface area contributed by atoms with Crippen LogP contribution in [-0.2, 0) is 0 Å². The molecule has 0 bridgehead atoms. The molecule has 1 N–H and O–H groups in total. The molecule has 1 aliphatic heterocycles. The van der Waals surface area contributed by atoms with Crippen molar-refractivity contribution in [2.75, 3.05) is 13.1 Å². The summed E-state index contributed by atoms with van der Waals surface area (Å²) < 4.78 is 13.2. The van der Waals surface area contributed by atoms with Crippen LogP contribution in [0.5, 0.6) is 0 Å². The van der Waals surface area contributed by atoms with Crippen molar-refractivity contribution >= 4 is 18.0 Å². The molecule has 110 valence electrons. The third-order valence-electron chi connectivity index (χ3n) is 3.76. The molecule has 0 aromatic heterocycles. The molecule has 0 amide bonds. The van der Waals surface area contributed by atoms with Gasteiger partial charge in [0.15, 0.2) is 0 Å². The van der Waals surface area contributed by atoms with Crippen LogP contribution >= 0.6 is 12.4 Å². The van der Waals surface area contributed by atoms with E-state index in [0.717, 1.165) is 31.5 Å². The van der Waals surface area contributed by atoms with Crippen molar-refractivity contribution in [2.24, 2.45) is 0 Å². The summed E-state index contributed by atoms with van der Waals surface area (Å²) in [5, 5.41) is 3.39. The summed E-state index contributed by atoms with van der Waals surface area (Å²) in [6.07, 6.45) is 2.11. The van der Waals surface area contributed by atoms with E-state index in [1.807, 2.05) is 18.2 Å². The van der Waals surface area contributed by atoms with Crippen LogP contribution in [-0.4, -0.2) is 13.1 Å². The first-order chi connectivity index (χ1) is 9.84. The zero-order chi connectivity index (χ0) is 13.8. The monoisotopic (exact) mass is 303 g/mol. The van der Waals surface area contributed by atoms with Crippen LogP contribution in [0.2, 0.25) is 0 Å². The standard InChI is InChI=1S/C18H18FN.ClH/c19-17-8-6-15(7-9-17)18(14-4-2-1-3-5-14)16-10-12-20-13-11-16;/h1-9,20H,10-13H2;1H. The van der Waals surface area contributed by atoms with Gasteiger partial charge >= 0.3 is 0 Å². The molecule has 3 heteroatoms. The van der Waals surface area contributed by atoms with E-state index in [9.17, 15) is 4.39 Å². The third-order valence-corrected chi connectivity index (χ3v) is 3.76. The summed E-state index contributed by atoms with van der Waals surface area (Å²) in [7, 11) is 0. The van der Waals surface area contributed by atoms with Crippen LogP contribution in [0.15, 0.2) is 60.2 Å². The van der Waals surface area contributed by atoms with Gasteiger partial charge in [-0.15, -0.1) is 12.4 Å². The highest BCUT2D eigenvalue weighted by Gasteiger charge is 2.14. The second kappa shape index (κ2) is 7.39. The van der Waals surface area contributed by atoms with Gasteiger partial charge in [-0.1, -0.05) is 48.0 Å². The Balaban J connectivity index is 0.00000161. The molecule has 1 nitrogen and oxygen atoms in total. The largest absolute Gasteiger partial charge is 0.316 e. The summed E-state index contributed by atoms with van der Waals surface area (Å²) in [5.74, 6) is -0.184. The van der Waals surface area contributed by atoms with Gasteiger partial charge in [0.2, 0.25) is 0 Å². The molecule has 1 fully saturated rings. The van der Waals surface area contributed by atoms with Gasteiger partial charge < -0.3 is 5.32 Å². The van der Waals surface area contributed by atoms with Crippen molar-refractivity contribution < 1.29 is 4.39 Å². The Kier molecular flexibility index (Phi) is 5.54. The summed E-state index contributed by atoms with van der Waals surface area (Å²) in [6.45, 7) is 2.04. The Labute approximate surface area is 131 Å². The number of benzene rings is 2. The number of hydrogen-bond donors (Lipinski definition) is 1. The minimum Gasteiger partial charge on any atom is -0.316 e. The lowest BCUT2D eigenvalue weighted by molar-refractivity contribution is 0.611. The van der Waals surface area contributed by atoms with Crippen LogP contribution in [0, 0.1) is 5.82 Å². The lowest BCUT2D eigenvalue weighted by Gasteiger charge is -2.21. The predicted molar refractivity (Wildman–Crippen MR) is 88.2 cm³/mol. The molecular formula is C18H19ClFN. The molecule has 2 aromatic carbocycles. The second-order valence-electron chi connectivity index (χ2n) is 5.10. The number of piperidine rings is 1. The van der Waals surface area contributed by atoms with Crippen LogP contribution in [0.3, 0.4) is 0 Å². The first kappa shape index (κ1) is 15.7. The van der Waals surface area contributed by atoms with Gasteiger partial charge in [-0.2, -0.15) is 0 Å². The molecule has 0 aliphatic carbocycles. The summed E-state index contributed by atoms with van der Waals surface area (Å²) in [5.41, 5.74) is 5.05. The van der Waals surface area contributed by atoms with Gasteiger partial charge in [-0.05, 0) is 54.8 Å². The van der Waals surface area contributed by atoms with E-state index in [4.69, 9.17) is 0 Å². The zero-order valence-electron chi connectivity index (χ0n) is 11.8. The van der Waals surface area contributed by atoms with E-state index in [1.54, 1.807) is 12.1 Å². The van der Waals surface area contributed by atoms with Gasteiger partial charge in [-0.3, -0.25) is 0 Å². The van der Waals surface area contributed by atoms with Crippen molar-refractivity contribution in [3.63, 3.8) is 0 Å². The molecule has 0 saturated carbocycles. The molecule has 3 rings (SSSR count). The molecule has 2 aromatic rings. The van der Waals surface area contributed by atoms with E-state index >= 15 is 0 Å². The van der Waals surface area contributed by atoms with Gasteiger partial charge in [0.05, 0.1) is 0 Å². The quantitative estimate of drug-likeness (QED) is 0.865. The van der Waals surface area contributed by atoms with Crippen molar-refractivity contribution in [2.45, 2.75) is 12.8 Å². The maximum absolute atomic E-state index is 13.2. The zero-order valence-corrected chi connectivity index (χ0v) is 12.6. The minimum atomic E-state index is -0.184. The van der Waals surface area contributed by atoms with E-state index in [1.165, 1.54) is 16.7 Å². The lowest BCUT2D eigenvalue weighted by atomic mass is 9.89. The molecule has 0 radical (unpaired) electrons. The summed E-state index contributed by atoms with van der Waals surface area (Å²) in [4.78, 5) is 0. The van der Waals surface area contributed by atoms with Crippen LogP contribution in [0.25, 0.3) is 5.57 Å². The first-order valence-corrected chi connectivity index (χ1v) is 7.09. The van der Waals surface area contributed by atoms with Crippen LogP contribution in [0.4, 0.5) is 4.39 Å². The molecular weight excluding hydrogens is 285 g/mol. The molecule has 1 aliphatic rings. The van der Waals surface area contributed by atoms with Crippen molar-refractivity contribution in [3.8, 4) is 0 Å². The Morgan fingerprint density at radius 1 is 0.810 bits per heavy atom. The fourth-order valence-electron chi connectivity index (χ4n) is 2.77. The first-order valence-electron chi connectivity index (χ1n) is 7.09. The van der Waals surface area contributed by atoms with E-state index in [2.05, 4.69) is 29.6 Å². The fraction of sp³-hybridized carbons (Fsp3) is 0.222. The van der Waals surface area contributed by atoms with Crippen molar-refractivity contribution in [3.05, 3.63) is 77.1 Å². The highest BCUT2D eigenvalue weighted by atomic mass is 35.5. The molecule has 0 spiro atoms. The van der Waals surface area contributed by atoms with Crippen LogP contribution < -0.4 is 5.32 Å². The van der Waals surface area contributed by atoms with Gasteiger partial charge in [0.25, 0.3) is 0 Å². The van der Waals surface area contributed by atoms with E-state index in [-0.39, 0.29) is 18.2 Å². The normalized spacial score (nSPS) is 14.4. The van der Waals surface area contributed by atoms with Gasteiger partial charge in [0, 0.05) is 0 Å². The third kappa shape index (κ3) is 3.72. The van der Waals surface area contributed by atoms with Gasteiger partial charge in [-0.25, -0.2) is 4.39 Å². The average Bonchev–Trinajstić information content (AvgIpc) is 2.52. The number of rotatable bonds is 2. The lowest BCUT2D eigenvalue weighted by Crippen LogP contribution is -2.23. The summed E-state index contributed by atoms with van der Waals surface area (Å²) in [6, 6.07) is 17.3. The molecule has 1 saturated heterocycles. The SMILES string of the molecule is Cl.Fc1ccc(C(=C2CCNCC2)c2ccccc2)cc1. The Hall–Kier alpha value is -1.64. The molecule has 1 heterocycles.